The standard InChI is InChI=1S/C24H30N4O2S/c1-4-16-9-8-12-19-17(13-20-23(30)27(3)24(31)26(20)2)14-28(22(16)19)15-21(29)25-18-10-6-5-7-11-18/h8-9,12-14,18H,4-7,10-11,15H2,1-3H3,(H,25,29)/b20-13-. The number of thiocarbonyl (C=S) groups is 1. The van der Waals surface area contributed by atoms with E-state index >= 15 is 0 Å². The summed E-state index contributed by atoms with van der Waals surface area (Å²) in [6.45, 7) is 2.39. The van der Waals surface area contributed by atoms with Gasteiger partial charge in [0, 0.05) is 37.3 Å². The van der Waals surface area contributed by atoms with E-state index in [9.17, 15) is 9.59 Å². The first kappa shape index (κ1) is 21.6. The molecule has 164 valence electrons. The molecule has 1 N–H and O–H groups in total. The van der Waals surface area contributed by atoms with Crippen molar-refractivity contribution in [3.63, 3.8) is 0 Å². The summed E-state index contributed by atoms with van der Waals surface area (Å²) in [5.74, 6) is -0.0704. The number of benzene rings is 1. The van der Waals surface area contributed by atoms with Gasteiger partial charge in [0.15, 0.2) is 5.11 Å². The molecule has 6 nitrogen and oxygen atoms in total. The van der Waals surface area contributed by atoms with Crippen LogP contribution in [0.1, 0.15) is 50.2 Å². The summed E-state index contributed by atoms with van der Waals surface area (Å²) >= 11 is 5.34. The Balaban J connectivity index is 1.70. The largest absolute Gasteiger partial charge is 0.352 e. The Morgan fingerprint density at radius 2 is 1.94 bits per heavy atom. The molecule has 0 unspecified atom stereocenters. The fourth-order valence-electron chi connectivity index (χ4n) is 4.70. The van der Waals surface area contributed by atoms with Gasteiger partial charge in [-0.05, 0) is 43.1 Å². The molecule has 1 saturated heterocycles. The third-order valence-electron chi connectivity index (χ3n) is 6.43. The van der Waals surface area contributed by atoms with Crippen LogP contribution in [0.5, 0.6) is 0 Å². The number of aromatic nitrogens is 1. The number of carbonyl (C=O) groups excluding carboxylic acids is 2. The third kappa shape index (κ3) is 4.11. The van der Waals surface area contributed by atoms with Crippen LogP contribution in [-0.2, 0) is 22.6 Å². The first-order chi connectivity index (χ1) is 14.9. The van der Waals surface area contributed by atoms with Crippen LogP contribution in [0.25, 0.3) is 17.0 Å². The average molecular weight is 439 g/mol. The zero-order valence-electron chi connectivity index (χ0n) is 18.5. The molecule has 2 aromatic rings. The lowest BCUT2D eigenvalue weighted by Crippen LogP contribution is -2.38. The van der Waals surface area contributed by atoms with Crippen LogP contribution in [0.15, 0.2) is 30.1 Å². The Hall–Kier alpha value is -2.67. The summed E-state index contributed by atoms with van der Waals surface area (Å²) in [6, 6.07) is 6.48. The van der Waals surface area contributed by atoms with Gasteiger partial charge in [0.25, 0.3) is 5.91 Å². The molecule has 2 fully saturated rings. The lowest BCUT2D eigenvalue weighted by atomic mass is 9.95. The number of nitrogens with one attached hydrogen (secondary N) is 1. The van der Waals surface area contributed by atoms with Crippen molar-refractivity contribution in [3.8, 4) is 0 Å². The number of fused-ring (bicyclic) bond motifs is 1. The quantitative estimate of drug-likeness (QED) is 0.572. The monoisotopic (exact) mass is 438 g/mol. The molecule has 1 saturated carbocycles. The molecule has 0 atom stereocenters. The van der Waals surface area contributed by atoms with Crippen LogP contribution in [0.3, 0.4) is 0 Å². The predicted molar refractivity (Wildman–Crippen MR) is 127 cm³/mol. The van der Waals surface area contributed by atoms with Gasteiger partial charge >= 0.3 is 0 Å². The van der Waals surface area contributed by atoms with Crippen LogP contribution in [0.4, 0.5) is 0 Å². The van der Waals surface area contributed by atoms with Gasteiger partial charge in [0.05, 0.1) is 5.52 Å². The molecule has 1 aromatic carbocycles. The second kappa shape index (κ2) is 8.83. The lowest BCUT2D eigenvalue weighted by Gasteiger charge is -2.23. The van der Waals surface area contributed by atoms with E-state index in [1.165, 1.54) is 29.7 Å². The Bertz CT molecular complexity index is 1060. The summed E-state index contributed by atoms with van der Waals surface area (Å²) in [7, 11) is 3.50. The van der Waals surface area contributed by atoms with E-state index in [1.54, 1.807) is 11.9 Å². The van der Waals surface area contributed by atoms with E-state index in [1.807, 2.05) is 30.0 Å². The maximum Gasteiger partial charge on any atom is 0.276 e. The van der Waals surface area contributed by atoms with Crippen LogP contribution in [-0.4, -0.2) is 51.4 Å². The summed E-state index contributed by atoms with van der Waals surface area (Å²) < 4.78 is 2.03. The summed E-state index contributed by atoms with van der Waals surface area (Å²) in [5, 5.41) is 4.74. The van der Waals surface area contributed by atoms with E-state index in [4.69, 9.17) is 12.2 Å². The van der Waals surface area contributed by atoms with Crippen LogP contribution in [0, 0.1) is 0 Å². The predicted octanol–water partition coefficient (Wildman–Crippen LogP) is 3.68. The number of amides is 2. The summed E-state index contributed by atoms with van der Waals surface area (Å²) in [6.07, 6.45) is 10.5. The minimum absolute atomic E-state index is 0.0453. The number of rotatable bonds is 5. The van der Waals surface area contributed by atoms with E-state index in [2.05, 4.69) is 24.4 Å². The SMILES string of the molecule is CCc1cccc2c(/C=C3/C(=O)N(C)C(=S)N3C)cn(CC(=O)NC3CCCCC3)c12. The first-order valence-electron chi connectivity index (χ1n) is 11.1. The molecule has 0 radical (unpaired) electrons. The zero-order valence-corrected chi connectivity index (χ0v) is 19.3. The molecular weight excluding hydrogens is 408 g/mol. The molecule has 7 heteroatoms. The number of hydrogen-bond donors (Lipinski definition) is 1. The summed E-state index contributed by atoms with van der Waals surface area (Å²) in [4.78, 5) is 28.7. The molecule has 1 aliphatic carbocycles. The fraction of sp³-hybridized carbons (Fsp3) is 0.458. The van der Waals surface area contributed by atoms with E-state index < -0.39 is 0 Å². The van der Waals surface area contributed by atoms with Crippen molar-refractivity contribution in [3.05, 3.63) is 41.2 Å². The Labute approximate surface area is 188 Å². The second-order valence-corrected chi connectivity index (χ2v) is 8.88. The molecule has 31 heavy (non-hydrogen) atoms. The Morgan fingerprint density at radius 3 is 2.58 bits per heavy atom. The topological polar surface area (TPSA) is 57.6 Å². The molecule has 2 heterocycles. The first-order valence-corrected chi connectivity index (χ1v) is 11.5. The minimum Gasteiger partial charge on any atom is -0.352 e. The van der Waals surface area contributed by atoms with E-state index in [0.717, 1.165) is 35.7 Å². The highest BCUT2D eigenvalue weighted by Crippen LogP contribution is 2.29. The molecule has 1 aliphatic heterocycles. The number of likely N-dealkylation sites (N-methyl/N-ethyl adjacent to an activating group) is 2. The molecule has 4 rings (SSSR count). The number of hydrogen-bond acceptors (Lipinski definition) is 3. The maximum atomic E-state index is 12.8. The zero-order chi connectivity index (χ0) is 22.1. The van der Waals surface area contributed by atoms with Crippen molar-refractivity contribution in [2.75, 3.05) is 14.1 Å². The number of carbonyl (C=O) groups is 2. The highest BCUT2D eigenvalue weighted by atomic mass is 32.1. The van der Waals surface area contributed by atoms with E-state index in [0.29, 0.717) is 10.8 Å². The van der Waals surface area contributed by atoms with Gasteiger partial charge in [0.2, 0.25) is 5.91 Å². The average Bonchev–Trinajstić information content (AvgIpc) is 3.20. The van der Waals surface area contributed by atoms with Gasteiger partial charge in [-0.25, -0.2) is 0 Å². The smallest absolute Gasteiger partial charge is 0.276 e. The van der Waals surface area contributed by atoms with Gasteiger partial charge in [-0.15, -0.1) is 0 Å². The molecular formula is C24H30N4O2S. The Morgan fingerprint density at radius 1 is 1.19 bits per heavy atom. The van der Waals surface area contributed by atoms with Gasteiger partial charge in [-0.3, -0.25) is 14.5 Å². The fourth-order valence-corrected chi connectivity index (χ4v) is 4.88. The molecule has 1 aromatic heterocycles. The van der Waals surface area contributed by atoms with Crippen LogP contribution in [0.2, 0.25) is 0 Å². The third-order valence-corrected chi connectivity index (χ3v) is 6.98. The van der Waals surface area contributed by atoms with E-state index in [-0.39, 0.29) is 24.4 Å². The van der Waals surface area contributed by atoms with Crippen LogP contribution >= 0.6 is 12.2 Å². The maximum absolute atomic E-state index is 12.8. The molecule has 2 aliphatic rings. The molecule has 2 amide bonds. The van der Waals surface area contributed by atoms with Gasteiger partial charge in [-0.1, -0.05) is 44.4 Å². The number of para-hydroxylation sites is 1. The lowest BCUT2D eigenvalue weighted by molar-refractivity contribution is -0.123. The number of aryl methyl sites for hydroxylation is 1. The van der Waals surface area contributed by atoms with Crippen molar-refractivity contribution in [2.24, 2.45) is 0 Å². The molecule has 0 bridgehead atoms. The van der Waals surface area contributed by atoms with Crippen molar-refractivity contribution in [1.82, 2.24) is 19.7 Å². The second-order valence-electron chi connectivity index (χ2n) is 8.52. The van der Waals surface area contributed by atoms with Crippen molar-refractivity contribution in [1.29, 1.82) is 0 Å². The van der Waals surface area contributed by atoms with Gasteiger partial charge in [-0.2, -0.15) is 0 Å². The summed E-state index contributed by atoms with van der Waals surface area (Å²) in [5.41, 5.74) is 3.70. The Kier molecular flexibility index (Phi) is 6.14. The van der Waals surface area contributed by atoms with Crippen molar-refractivity contribution >= 4 is 46.1 Å². The van der Waals surface area contributed by atoms with Crippen molar-refractivity contribution < 1.29 is 9.59 Å². The normalized spacial score (nSPS) is 19.1. The highest BCUT2D eigenvalue weighted by molar-refractivity contribution is 7.80. The minimum atomic E-state index is -0.116. The van der Waals surface area contributed by atoms with Crippen LogP contribution < -0.4 is 5.32 Å². The van der Waals surface area contributed by atoms with Gasteiger partial charge < -0.3 is 14.8 Å². The highest BCUT2D eigenvalue weighted by Gasteiger charge is 2.33. The van der Waals surface area contributed by atoms with Gasteiger partial charge in [0.1, 0.15) is 12.2 Å². The molecule has 0 spiro atoms. The number of nitrogens with zero attached hydrogens (tertiary/aromatic N) is 3. The van der Waals surface area contributed by atoms with Crippen molar-refractivity contribution in [2.45, 2.75) is 58.0 Å².